The fourth-order valence-corrected chi connectivity index (χ4v) is 4.65. The minimum atomic E-state index is -1.13. The van der Waals surface area contributed by atoms with Gasteiger partial charge in [-0.15, -0.1) is 11.3 Å². The number of thiazole rings is 1. The number of rotatable bonds is 4. The maximum atomic E-state index is 14.7. The summed E-state index contributed by atoms with van der Waals surface area (Å²) in [7, 11) is 0. The lowest BCUT2D eigenvalue weighted by Crippen LogP contribution is -2.32. The summed E-state index contributed by atoms with van der Waals surface area (Å²) in [5.41, 5.74) is 1.25. The predicted octanol–water partition coefficient (Wildman–Crippen LogP) is 5.13. The molecule has 5 nitrogen and oxygen atoms in total. The van der Waals surface area contributed by atoms with Gasteiger partial charge in [-0.05, 0) is 38.5 Å². The topological polar surface area (TPSA) is 70.5 Å². The third-order valence-electron chi connectivity index (χ3n) is 5.09. The van der Waals surface area contributed by atoms with E-state index in [1.807, 2.05) is 13.0 Å². The van der Waals surface area contributed by atoms with Crippen LogP contribution in [0.25, 0.3) is 0 Å². The average Bonchev–Trinajstić information content (AvgIpc) is 3.19. The number of hydrogen-bond donors (Lipinski definition) is 1. The van der Waals surface area contributed by atoms with Gasteiger partial charge in [0.25, 0.3) is 5.91 Å². The number of Topliss-reactive ketones (excluding diaryl/α,β-unsaturated/α-hetero) is 1. The monoisotopic (exact) mass is 440 g/mol. The number of carbonyl (C=O) groups excluding carboxylic acids is 2. The van der Waals surface area contributed by atoms with E-state index >= 15 is 0 Å². The van der Waals surface area contributed by atoms with Crippen molar-refractivity contribution in [1.29, 1.82) is 0 Å². The number of ketones is 1. The summed E-state index contributed by atoms with van der Waals surface area (Å²) in [5, 5.41) is 11.4. The molecule has 8 heteroatoms. The predicted molar refractivity (Wildman–Crippen MR) is 113 cm³/mol. The van der Waals surface area contributed by atoms with Crippen LogP contribution in [0.2, 0.25) is 0 Å². The Morgan fingerprint density at radius 2 is 1.87 bits per heavy atom. The van der Waals surface area contributed by atoms with Gasteiger partial charge in [0, 0.05) is 6.07 Å². The Labute approximate surface area is 181 Å². The van der Waals surface area contributed by atoms with Crippen molar-refractivity contribution < 1.29 is 23.5 Å². The van der Waals surface area contributed by atoms with Crippen LogP contribution in [0.15, 0.2) is 53.8 Å². The summed E-state index contributed by atoms with van der Waals surface area (Å²) >= 11 is 1.15. The molecule has 31 heavy (non-hydrogen) atoms. The SMILES string of the molecule is Cc1cccc(C2C(C(=O)c3sc(C)nc3C)=C(O)C(=O)N2c2cc(F)ccc2F)c1. The second kappa shape index (κ2) is 7.70. The molecule has 2 heterocycles. The molecule has 1 aliphatic rings. The Hall–Kier alpha value is -3.39. The average molecular weight is 440 g/mol. The molecule has 1 unspecified atom stereocenters. The molecule has 0 aliphatic carbocycles. The molecule has 1 atom stereocenters. The first-order chi connectivity index (χ1) is 14.7. The summed E-state index contributed by atoms with van der Waals surface area (Å²) in [5.74, 6) is -3.93. The molecular weight excluding hydrogens is 422 g/mol. The number of anilines is 1. The van der Waals surface area contributed by atoms with Crippen LogP contribution in [0, 0.1) is 32.4 Å². The maximum Gasteiger partial charge on any atom is 0.294 e. The smallest absolute Gasteiger partial charge is 0.294 e. The third-order valence-corrected chi connectivity index (χ3v) is 6.16. The Balaban J connectivity index is 1.94. The number of aryl methyl sites for hydroxylation is 3. The number of carbonyl (C=O) groups is 2. The molecule has 4 rings (SSSR count). The number of hydrogen-bond acceptors (Lipinski definition) is 5. The van der Waals surface area contributed by atoms with Crippen molar-refractivity contribution in [2.24, 2.45) is 0 Å². The second-order valence-electron chi connectivity index (χ2n) is 7.33. The summed E-state index contributed by atoms with van der Waals surface area (Å²) in [6.45, 7) is 5.24. The Morgan fingerprint density at radius 3 is 2.52 bits per heavy atom. The molecule has 1 N–H and O–H groups in total. The van der Waals surface area contributed by atoms with E-state index in [2.05, 4.69) is 4.98 Å². The van der Waals surface area contributed by atoms with E-state index in [-0.39, 0.29) is 16.1 Å². The molecule has 3 aromatic rings. The molecule has 2 aromatic carbocycles. The Morgan fingerprint density at radius 1 is 1.13 bits per heavy atom. The second-order valence-corrected chi connectivity index (χ2v) is 8.53. The highest BCUT2D eigenvalue weighted by atomic mass is 32.1. The largest absolute Gasteiger partial charge is 0.503 e. The first-order valence-corrected chi connectivity index (χ1v) is 10.3. The van der Waals surface area contributed by atoms with Gasteiger partial charge < -0.3 is 5.11 Å². The van der Waals surface area contributed by atoms with Gasteiger partial charge in [0.2, 0.25) is 5.78 Å². The molecule has 1 aromatic heterocycles. The molecule has 0 saturated heterocycles. The van der Waals surface area contributed by atoms with Crippen LogP contribution in [0.4, 0.5) is 14.5 Å². The summed E-state index contributed by atoms with van der Waals surface area (Å²) in [6.07, 6.45) is 0. The molecule has 1 amide bonds. The molecule has 0 saturated carbocycles. The van der Waals surface area contributed by atoms with Crippen LogP contribution in [0.5, 0.6) is 0 Å². The van der Waals surface area contributed by atoms with Crippen LogP contribution in [0.3, 0.4) is 0 Å². The van der Waals surface area contributed by atoms with Gasteiger partial charge in [0.15, 0.2) is 5.76 Å². The van der Waals surface area contributed by atoms with E-state index in [1.165, 1.54) is 0 Å². The van der Waals surface area contributed by atoms with Gasteiger partial charge in [-0.3, -0.25) is 14.5 Å². The first-order valence-electron chi connectivity index (χ1n) is 9.46. The van der Waals surface area contributed by atoms with Crippen LogP contribution < -0.4 is 4.90 Å². The van der Waals surface area contributed by atoms with Crippen molar-refractivity contribution in [2.75, 3.05) is 4.90 Å². The lowest BCUT2D eigenvalue weighted by Gasteiger charge is -2.27. The van der Waals surface area contributed by atoms with Crippen LogP contribution in [-0.2, 0) is 4.79 Å². The van der Waals surface area contributed by atoms with E-state index < -0.39 is 35.1 Å². The van der Waals surface area contributed by atoms with Crippen molar-refractivity contribution >= 4 is 28.7 Å². The third kappa shape index (κ3) is 3.53. The number of amides is 1. The Bertz CT molecular complexity index is 1270. The molecule has 0 fully saturated rings. The number of aliphatic hydroxyl groups is 1. The Kier molecular flexibility index (Phi) is 5.18. The number of aromatic nitrogens is 1. The minimum Gasteiger partial charge on any atom is -0.503 e. The van der Waals surface area contributed by atoms with E-state index in [1.54, 1.807) is 32.0 Å². The highest BCUT2D eigenvalue weighted by Gasteiger charge is 2.46. The van der Waals surface area contributed by atoms with Crippen LogP contribution >= 0.6 is 11.3 Å². The van der Waals surface area contributed by atoms with Crippen LogP contribution in [-0.4, -0.2) is 21.8 Å². The fourth-order valence-electron chi connectivity index (χ4n) is 3.78. The lowest BCUT2D eigenvalue weighted by molar-refractivity contribution is -0.117. The molecule has 158 valence electrons. The van der Waals surface area contributed by atoms with Gasteiger partial charge >= 0.3 is 0 Å². The van der Waals surface area contributed by atoms with Crippen molar-refractivity contribution in [3.63, 3.8) is 0 Å². The highest BCUT2D eigenvalue weighted by Crippen LogP contribution is 2.43. The standard InChI is InChI=1S/C23H18F2N2O3S/c1-11-5-4-6-14(9-11)19-18(20(28)22-12(2)26-13(3)31-22)21(29)23(30)27(19)17-10-15(24)7-8-16(17)25/h4-10,19,29H,1-3H3. The zero-order chi connectivity index (χ0) is 22.4. The van der Waals surface area contributed by atoms with E-state index in [0.29, 0.717) is 16.3 Å². The molecule has 0 radical (unpaired) electrons. The van der Waals surface area contributed by atoms with Crippen molar-refractivity contribution in [3.8, 4) is 0 Å². The van der Waals surface area contributed by atoms with Gasteiger partial charge in [0.1, 0.15) is 11.6 Å². The van der Waals surface area contributed by atoms with Crippen molar-refractivity contribution in [3.05, 3.63) is 92.1 Å². The van der Waals surface area contributed by atoms with Gasteiger partial charge in [0.05, 0.1) is 32.9 Å². The minimum absolute atomic E-state index is 0.189. The highest BCUT2D eigenvalue weighted by molar-refractivity contribution is 7.14. The lowest BCUT2D eigenvalue weighted by atomic mass is 9.94. The van der Waals surface area contributed by atoms with Gasteiger partial charge in [-0.25, -0.2) is 13.8 Å². The number of halogens is 2. The van der Waals surface area contributed by atoms with Crippen molar-refractivity contribution in [1.82, 2.24) is 4.98 Å². The van der Waals surface area contributed by atoms with Gasteiger partial charge in [-0.1, -0.05) is 29.8 Å². The number of nitrogens with zero attached hydrogens (tertiary/aromatic N) is 2. The first kappa shape index (κ1) is 20.9. The quantitative estimate of drug-likeness (QED) is 0.571. The molecule has 1 aliphatic heterocycles. The summed E-state index contributed by atoms with van der Waals surface area (Å²) < 4.78 is 28.6. The zero-order valence-corrected chi connectivity index (χ0v) is 17.8. The maximum absolute atomic E-state index is 14.7. The van der Waals surface area contributed by atoms with Gasteiger partial charge in [-0.2, -0.15) is 0 Å². The van der Waals surface area contributed by atoms with E-state index in [9.17, 15) is 23.5 Å². The van der Waals surface area contributed by atoms with Crippen molar-refractivity contribution in [2.45, 2.75) is 26.8 Å². The fraction of sp³-hybridized carbons (Fsp3) is 0.174. The number of aliphatic hydroxyl groups excluding tert-OH is 1. The summed E-state index contributed by atoms with van der Waals surface area (Å²) in [6, 6.07) is 8.55. The van der Waals surface area contributed by atoms with E-state index in [0.717, 1.165) is 40.0 Å². The van der Waals surface area contributed by atoms with Crippen LogP contribution in [0.1, 0.15) is 37.5 Å². The number of benzene rings is 2. The normalized spacial score (nSPS) is 16.4. The summed E-state index contributed by atoms with van der Waals surface area (Å²) in [4.78, 5) is 31.9. The van der Waals surface area contributed by atoms with E-state index in [4.69, 9.17) is 0 Å². The molecular formula is C23H18F2N2O3S. The zero-order valence-electron chi connectivity index (χ0n) is 16.9. The molecule has 0 bridgehead atoms. The molecule has 0 spiro atoms.